The van der Waals surface area contributed by atoms with Crippen molar-refractivity contribution < 1.29 is 10.2 Å². The van der Waals surface area contributed by atoms with E-state index in [-0.39, 0.29) is 12.5 Å². The average Bonchev–Trinajstić information content (AvgIpc) is 2.02. The third-order valence-electron chi connectivity index (χ3n) is 2.02. The summed E-state index contributed by atoms with van der Waals surface area (Å²) in [4.78, 5) is 0. The van der Waals surface area contributed by atoms with Crippen LogP contribution in [0.3, 0.4) is 0 Å². The summed E-state index contributed by atoms with van der Waals surface area (Å²) in [5.74, 6) is 0.186. The van der Waals surface area contributed by atoms with E-state index in [2.05, 4.69) is 19.9 Å². The second-order valence-corrected chi connectivity index (χ2v) is 3.59. The lowest BCUT2D eigenvalue weighted by atomic mass is 9.99. The third-order valence-corrected chi connectivity index (χ3v) is 2.02. The van der Waals surface area contributed by atoms with E-state index in [4.69, 9.17) is 5.11 Å². The summed E-state index contributed by atoms with van der Waals surface area (Å²) in [6, 6.07) is 0. The van der Waals surface area contributed by atoms with E-state index >= 15 is 0 Å². The van der Waals surface area contributed by atoms with E-state index < -0.39 is 6.10 Å². The molecule has 2 nitrogen and oxygen atoms in total. The Labute approximate surface area is 74.9 Å². The highest BCUT2D eigenvalue weighted by Gasteiger charge is 2.11. The molecular formula is C10H20O2. The largest absolute Gasteiger partial charge is 0.394 e. The summed E-state index contributed by atoms with van der Waals surface area (Å²) < 4.78 is 0. The molecule has 0 aromatic heterocycles. The summed E-state index contributed by atoms with van der Waals surface area (Å²) in [6.07, 6.45) is 3.52. The van der Waals surface area contributed by atoms with Crippen molar-refractivity contribution in [3.05, 3.63) is 11.6 Å². The molecule has 0 rings (SSSR count). The lowest BCUT2D eigenvalue weighted by Gasteiger charge is -2.15. The predicted molar refractivity (Wildman–Crippen MR) is 50.9 cm³/mol. The molecule has 2 heteroatoms. The summed E-state index contributed by atoms with van der Waals surface area (Å²) in [5, 5.41) is 17.9. The molecule has 0 radical (unpaired) electrons. The Morgan fingerprint density at radius 2 is 2.00 bits per heavy atom. The van der Waals surface area contributed by atoms with Crippen LogP contribution in [0.2, 0.25) is 0 Å². The minimum atomic E-state index is -0.560. The molecule has 0 spiro atoms. The van der Waals surface area contributed by atoms with Gasteiger partial charge >= 0.3 is 0 Å². The molecule has 0 aliphatic heterocycles. The molecule has 0 aromatic rings. The normalized spacial score (nSPS) is 15.4. The van der Waals surface area contributed by atoms with Crippen molar-refractivity contribution in [3.8, 4) is 0 Å². The van der Waals surface area contributed by atoms with Gasteiger partial charge in [0.15, 0.2) is 0 Å². The van der Waals surface area contributed by atoms with Crippen molar-refractivity contribution in [2.24, 2.45) is 5.92 Å². The first-order chi connectivity index (χ1) is 5.57. The quantitative estimate of drug-likeness (QED) is 0.620. The van der Waals surface area contributed by atoms with E-state index in [0.29, 0.717) is 0 Å². The average molecular weight is 172 g/mol. The van der Waals surface area contributed by atoms with Gasteiger partial charge in [-0.25, -0.2) is 0 Å². The molecule has 1 unspecified atom stereocenters. The summed E-state index contributed by atoms with van der Waals surface area (Å²) in [7, 11) is 0. The molecule has 12 heavy (non-hydrogen) atoms. The predicted octanol–water partition coefficient (Wildman–Crippen LogP) is 1.72. The van der Waals surface area contributed by atoms with Gasteiger partial charge in [-0.05, 0) is 32.6 Å². The fourth-order valence-electron chi connectivity index (χ4n) is 1.01. The Morgan fingerprint density at radius 1 is 1.42 bits per heavy atom. The second kappa shape index (κ2) is 6.21. The molecule has 0 aliphatic carbocycles. The maximum atomic E-state index is 9.22. The fraction of sp³-hybridized carbons (Fsp3) is 0.800. The zero-order valence-corrected chi connectivity index (χ0v) is 8.25. The topological polar surface area (TPSA) is 40.5 Å². The van der Waals surface area contributed by atoms with Gasteiger partial charge in [-0.2, -0.15) is 0 Å². The first-order valence-corrected chi connectivity index (χ1v) is 4.50. The van der Waals surface area contributed by atoms with Gasteiger partial charge in [0, 0.05) is 0 Å². The standard InChI is InChI=1S/C10H20O2/c1-8(2)5-4-6-9(3)10(12)7-11/h5,9-12H,4,6-7H2,1-3H3/t9-,10?/m1/s1. The maximum absolute atomic E-state index is 9.22. The van der Waals surface area contributed by atoms with E-state index in [1.165, 1.54) is 5.57 Å². The van der Waals surface area contributed by atoms with E-state index in [1.807, 2.05) is 6.92 Å². The maximum Gasteiger partial charge on any atom is 0.0796 e. The van der Waals surface area contributed by atoms with E-state index in [9.17, 15) is 5.11 Å². The molecule has 0 bridgehead atoms. The van der Waals surface area contributed by atoms with Crippen LogP contribution < -0.4 is 0 Å². The zero-order chi connectivity index (χ0) is 9.56. The van der Waals surface area contributed by atoms with Crippen LogP contribution in [-0.2, 0) is 0 Å². The molecule has 0 aliphatic rings. The number of rotatable bonds is 5. The highest BCUT2D eigenvalue weighted by atomic mass is 16.3. The number of allylic oxidation sites excluding steroid dienone is 2. The molecule has 0 saturated carbocycles. The van der Waals surface area contributed by atoms with Crippen LogP contribution in [0.1, 0.15) is 33.6 Å². The number of hydrogen-bond donors (Lipinski definition) is 2. The molecule has 2 N–H and O–H groups in total. The van der Waals surface area contributed by atoms with Gasteiger partial charge in [0.05, 0.1) is 12.7 Å². The van der Waals surface area contributed by atoms with Gasteiger partial charge in [0.2, 0.25) is 0 Å². The van der Waals surface area contributed by atoms with Crippen LogP contribution in [0.5, 0.6) is 0 Å². The highest BCUT2D eigenvalue weighted by molar-refractivity contribution is 4.92. The number of aliphatic hydroxyl groups excluding tert-OH is 2. The second-order valence-electron chi connectivity index (χ2n) is 3.59. The first kappa shape index (κ1) is 11.7. The molecule has 0 heterocycles. The molecule has 0 fully saturated rings. The van der Waals surface area contributed by atoms with Crippen molar-refractivity contribution >= 4 is 0 Å². The summed E-state index contributed by atoms with van der Waals surface area (Å²) in [6.45, 7) is 5.95. The number of hydrogen-bond acceptors (Lipinski definition) is 2. The smallest absolute Gasteiger partial charge is 0.0796 e. The van der Waals surface area contributed by atoms with Crippen LogP contribution in [0.4, 0.5) is 0 Å². The Bertz CT molecular complexity index is 137. The molecule has 0 saturated heterocycles. The first-order valence-electron chi connectivity index (χ1n) is 4.50. The lowest BCUT2D eigenvalue weighted by Crippen LogP contribution is -2.21. The van der Waals surface area contributed by atoms with Crippen LogP contribution in [0.15, 0.2) is 11.6 Å². The summed E-state index contributed by atoms with van der Waals surface area (Å²) in [5.41, 5.74) is 1.31. The van der Waals surface area contributed by atoms with Crippen LogP contribution in [-0.4, -0.2) is 22.9 Å². The van der Waals surface area contributed by atoms with Crippen molar-refractivity contribution in [1.29, 1.82) is 0 Å². The van der Waals surface area contributed by atoms with Gasteiger partial charge in [0.1, 0.15) is 0 Å². The fourth-order valence-corrected chi connectivity index (χ4v) is 1.01. The minimum absolute atomic E-state index is 0.129. The van der Waals surface area contributed by atoms with Gasteiger partial charge in [0.25, 0.3) is 0 Å². The Hall–Kier alpha value is -0.340. The summed E-state index contributed by atoms with van der Waals surface area (Å²) >= 11 is 0. The third kappa shape index (κ3) is 5.33. The number of aliphatic hydroxyl groups is 2. The minimum Gasteiger partial charge on any atom is -0.394 e. The van der Waals surface area contributed by atoms with Gasteiger partial charge in [-0.1, -0.05) is 18.6 Å². The molecule has 0 amide bonds. The lowest BCUT2D eigenvalue weighted by molar-refractivity contribution is 0.0507. The molecule has 2 atom stereocenters. The van der Waals surface area contributed by atoms with Crippen LogP contribution in [0.25, 0.3) is 0 Å². The molecule has 0 aromatic carbocycles. The van der Waals surface area contributed by atoms with E-state index in [1.54, 1.807) is 0 Å². The Kier molecular flexibility index (Phi) is 6.03. The molecule has 72 valence electrons. The van der Waals surface area contributed by atoms with Crippen molar-refractivity contribution in [2.75, 3.05) is 6.61 Å². The van der Waals surface area contributed by atoms with Crippen molar-refractivity contribution in [2.45, 2.75) is 39.7 Å². The van der Waals surface area contributed by atoms with Crippen molar-refractivity contribution in [1.82, 2.24) is 0 Å². The van der Waals surface area contributed by atoms with E-state index in [0.717, 1.165) is 12.8 Å². The zero-order valence-electron chi connectivity index (χ0n) is 8.25. The Balaban J connectivity index is 3.57. The molecular weight excluding hydrogens is 152 g/mol. The highest BCUT2D eigenvalue weighted by Crippen LogP contribution is 2.11. The SMILES string of the molecule is CC(C)=CCC[C@@H](C)C(O)CO. The van der Waals surface area contributed by atoms with Crippen LogP contribution in [0, 0.1) is 5.92 Å². The van der Waals surface area contributed by atoms with Crippen LogP contribution >= 0.6 is 0 Å². The van der Waals surface area contributed by atoms with Gasteiger partial charge in [-0.3, -0.25) is 0 Å². The monoisotopic (exact) mass is 172 g/mol. The van der Waals surface area contributed by atoms with Crippen molar-refractivity contribution in [3.63, 3.8) is 0 Å². The Morgan fingerprint density at radius 3 is 2.42 bits per heavy atom. The van der Waals surface area contributed by atoms with Gasteiger partial charge < -0.3 is 10.2 Å². The van der Waals surface area contributed by atoms with Gasteiger partial charge in [-0.15, -0.1) is 0 Å².